The summed E-state index contributed by atoms with van der Waals surface area (Å²) in [6, 6.07) is 10.6. The van der Waals surface area contributed by atoms with Crippen LogP contribution in [0.15, 0.2) is 57.9 Å². The van der Waals surface area contributed by atoms with Crippen LogP contribution in [0.25, 0.3) is 11.3 Å². The predicted octanol–water partition coefficient (Wildman–Crippen LogP) is 3.18. The number of halogens is 1. The van der Waals surface area contributed by atoms with Crippen LogP contribution in [-0.2, 0) is 0 Å². The fourth-order valence-electron chi connectivity index (χ4n) is 2.13. The monoisotopic (exact) mass is 343 g/mol. The van der Waals surface area contributed by atoms with Gasteiger partial charge in [0.1, 0.15) is 5.82 Å². The minimum absolute atomic E-state index is 0.188. The first kappa shape index (κ1) is 15.9. The van der Waals surface area contributed by atoms with E-state index in [2.05, 4.69) is 10.1 Å². The van der Waals surface area contributed by atoms with Gasteiger partial charge in [-0.2, -0.15) is 5.10 Å². The molecule has 2 aromatic carbocycles. The van der Waals surface area contributed by atoms with Crippen molar-refractivity contribution in [1.82, 2.24) is 4.68 Å². The van der Waals surface area contributed by atoms with Crippen molar-refractivity contribution in [2.75, 3.05) is 7.05 Å². The van der Waals surface area contributed by atoms with E-state index in [4.69, 9.17) is 0 Å². The van der Waals surface area contributed by atoms with Gasteiger partial charge in [0.25, 0.3) is 0 Å². The molecule has 2 N–H and O–H groups in total. The lowest BCUT2D eigenvalue weighted by molar-refractivity contribution is 0.403. The standard InChI is InChI=1S/C17H14FN3O2S/c1-19-17-21(20-9-11-2-7-15(22)16(23)8-11)14(10-24-17)12-3-5-13(18)6-4-12/h2-10,22-23H,1H3/b19-17?,20-9+. The third kappa shape index (κ3) is 3.21. The third-order valence-electron chi connectivity index (χ3n) is 3.34. The fraction of sp³-hybridized carbons (Fsp3) is 0.0588. The average Bonchev–Trinajstić information content (AvgIpc) is 2.99. The summed E-state index contributed by atoms with van der Waals surface area (Å²) in [5.74, 6) is -0.705. The molecule has 0 saturated heterocycles. The predicted molar refractivity (Wildman–Crippen MR) is 92.0 cm³/mol. The first-order chi connectivity index (χ1) is 11.6. The summed E-state index contributed by atoms with van der Waals surface area (Å²) >= 11 is 1.42. The highest BCUT2D eigenvalue weighted by molar-refractivity contribution is 7.07. The molecule has 1 heterocycles. The Labute approximate surface area is 141 Å². The number of hydrogen-bond acceptors (Lipinski definition) is 5. The van der Waals surface area contributed by atoms with Crippen molar-refractivity contribution >= 4 is 17.6 Å². The maximum atomic E-state index is 13.1. The largest absolute Gasteiger partial charge is 0.504 e. The van der Waals surface area contributed by atoms with Crippen molar-refractivity contribution in [3.8, 4) is 22.8 Å². The summed E-state index contributed by atoms with van der Waals surface area (Å²) < 4.78 is 14.8. The molecule has 5 nitrogen and oxygen atoms in total. The third-order valence-corrected chi connectivity index (χ3v) is 4.25. The fourth-order valence-corrected chi connectivity index (χ4v) is 2.93. The van der Waals surface area contributed by atoms with Crippen molar-refractivity contribution in [3.05, 3.63) is 64.0 Å². The van der Waals surface area contributed by atoms with Gasteiger partial charge in [-0.3, -0.25) is 4.99 Å². The second-order valence-electron chi connectivity index (χ2n) is 4.94. The van der Waals surface area contributed by atoms with E-state index in [0.717, 1.165) is 11.3 Å². The Morgan fingerprint density at radius 3 is 2.50 bits per heavy atom. The molecular formula is C17H14FN3O2S. The second kappa shape index (κ2) is 6.67. The molecule has 3 rings (SSSR count). The van der Waals surface area contributed by atoms with Gasteiger partial charge in [-0.1, -0.05) is 0 Å². The number of nitrogens with zero attached hydrogens (tertiary/aromatic N) is 3. The van der Waals surface area contributed by atoms with Crippen LogP contribution in [0.1, 0.15) is 5.56 Å². The second-order valence-corrected chi connectivity index (χ2v) is 5.78. The lowest BCUT2D eigenvalue weighted by Crippen LogP contribution is -2.11. The number of phenolic OH excluding ortho intramolecular Hbond substituents is 2. The van der Waals surface area contributed by atoms with Gasteiger partial charge in [-0.05, 0) is 48.0 Å². The van der Waals surface area contributed by atoms with Crippen LogP contribution in [-0.4, -0.2) is 28.2 Å². The number of thiazole rings is 1. The summed E-state index contributed by atoms with van der Waals surface area (Å²) in [7, 11) is 1.67. The van der Waals surface area contributed by atoms with Gasteiger partial charge >= 0.3 is 0 Å². The van der Waals surface area contributed by atoms with Gasteiger partial charge in [0.15, 0.2) is 11.5 Å². The van der Waals surface area contributed by atoms with Crippen molar-refractivity contribution < 1.29 is 14.6 Å². The van der Waals surface area contributed by atoms with E-state index in [0.29, 0.717) is 10.4 Å². The maximum Gasteiger partial charge on any atom is 0.205 e. The topological polar surface area (TPSA) is 70.1 Å². The van der Waals surface area contributed by atoms with Gasteiger partial charge in [-0.25, -0.2) is 9.07 Å². The summed E-state index contributed by atoms with van der Waals surface area (Å²) in [6.45, 7) is 0. The molecule has 0 fully saturated rings. The number of rotatable bonds is 3. The zero-order valence-electron chi connectivity index (χ0n) is 12.7. The highest BCUT2D eigenvalue weighted by Gasteiger charge is 2.07. The highest BCUT2D eigenvalue weighted by atomic mass is 32.1. The molecule has 122 valence electrons. The normalized spacial score (nSPS) is 12.2. The van der Waals surface area contributed by atoms with Crippen LogP contribution < -0.4 is 4.80 Å². The van der Waals surface area contributed by atoms with Crippen molar-refractivity contribution in [2.45, 2.75) is 0 Å². The summed E-state index contributed by atoms with van der Waals surface area (Å²) in [4.78, 5) is 4.86. The Morgan fingerprint density at radius 1 is 1.08 bits per heavy atom. The molecule has 24 heavy (non-hydrogen) atoms. The number of aromatic nitrogens is 1. The Hall–Kier alpha value is -2.93. The van der Waals surface area contributed by atoms with Gasteiger partial charge in [0, 0.05) is 18.0 Å². The lowest BCUT2D eigenvalue weighted by atomic mass is 10.2. The molecule has 0 saturated carbocycles. The zero-order chi connectivity index (χ0) is 17.1. The van der Waals surface area contributed by atoms with Crippen LogP contribution in [0.4, 0.5) is 4.39 Å². The van der Waals surface area contributed by atoms with Gasteiger partial charge in [0.2, 0.25) is 4.80 Å². The number of hydrogen-bond donors (Lipinski definition) is 2. The van der Waals surface area contributed by atoms with E-state index in [1.165, 1.54) is 35.6 Å². The Kier molecular flexibility index (Phi) is 4.43. The van der Waals surface area contributed by atoms with E-state index in [-0.39, 0.29) is 17.3 Å². The molecule has 0 aliphatic carbocycles. The molecule has 3 aromatic rings. The van der Waals surface area contributed by atoms with E-state index in [1.807, 2.05) is 5.38 Å². The Morgan fingerprint density at radius 2 is 1.83 bits per heavy atom. The van der Waals surface area contributed by atoms with Gasteiger partial charge in [-0.15, -0.1) is 11.3 Å². The first-order valence-corrected chi connectivity index (χ1v) is 7.92. The maximum absolute atomic E-state index is 13.1. The van der Waals surface area contributed by atoms with Gasteiger partial charge in [0.05, 0.1) is 11.9 Å². The lowest BCUT2D eigenvalue weighted by Gasteiger charge is -2.04. The van der Waals surface area contributed by atoms with Crippen LogP contribution in [0.5, 0.6) is 11.5 Å². The zero-order valence-corrected chi connectivity index (χ0v) is 13.5. The number of aromatic hydroxyl groups is 2. The minimum atomic E-state index is -0.302. The molecule has 0 unspecified atom stereocenters. The van der Waals surface area contributed by atoms with Gasteiger partial charge < -0.3 is 10.2 Å². The molecule has 0 bridgehead atoms. The Balaban J connectivity index is 2.03. The molecule has 0 amide bonds. The van der Waals surface area contributed by atoms with Crippen molar-refractivity contribution in [2.24, 2.45) is 10.1 Å². The summed E-state index contributed by atoms with van der Waals surface area (Å²) in [6.07, 6.45) is 1.55. The Bertz CT molecular complexity index is 959. The first-order valence-electron chi connectivity index (χ1n) is 7.04. The van der Waals surface area contributed by atoms with E-state index < -0.39 is 0 Å². The molecule has 0 aliphatic heterocycles. The number of benzene rings is 2. The van der Waals surface area contributed by atoms with Crippen LogP contribution in [0.2, 0.25) is 0 Å². The SMILES string of the molecule is CN=c1scc(-c2ccc(F)cc2)n1/N=C/c1ccc(O)c(O)c1. The van der Waals surface area contributed by atoms with Crippen molar-refractivity contribution in [1.29, 1.82) is 0 Å². The molecule has 0 aliphatic rings. The minimum Gasteiger partial charge on any atom is -0.504 e. The van der Waals surface area contributed by atoms with Crippen molar-refractivity contribution in [3.63, 3.8) is 0 Å². The highest BCUT2D eigenvalue weighted by Crippen LogP contribution is 2.24. The summed E-state index contributed by atoms with van der Waals surface area (Å²) in [5, 5.41) is 25.2. The van der Waals surface area contributed by atoms with Crippen LogP contribution in [0.3, 0.4) is 0 Å². The average molecular weight is 343 g/mol. The smallest absolute Gasteiger partial charge is 0.205 e. The van der Waals surface area contributed by atoms with E-state index in [9.17, 15) is 14.6 Å². The van der Waals surface area contributed by atoms with Crippen LogP contribution in [0, 0.1) is 5.82 Å². The molecule has 0 radical (unpaired) electrons. The van der Waals surface area contributed by atoms with Crippen LogP contribution >= 0.6 is 11.3 Å². The molecular weight excluding hydrogens is 329 g/mol. The van der Waals surface area contributed by atoms with E-state index >= 15 is 0 Å². The quantitative estimate of drug-likeness (QED) is 0.566. The number of phenols is 2. The molecule has 0 spiro atoms. The molecule has 0 atom stereocenters. The molecule has 1 aromatic heterocycles. The molecule has 7 heteroatoms. The summed E-state index contributed by atoms with van der Waals surface area (Å²) in [5.41, 5.74) is 2.21. The van der Waals surface area contributed by atoms with E-state index in [1.54, 1.807) is 36.1 Å².